The van der Waals surface area contributed by atoms with E-state index in [4.69, 9.17) is 4.74 Å². The SMILES string of the molecule is C=C1C(=O)O[C@@H](C)[C@@H]1C. The van der Waals surface area contributed by atoms with E-state index in [2.05, 4.69) is 6.58 Å². The summed E-state index contributed by atoms with van der Waals surface area (Å²) in [5.41, 5.74) is 0.600. The van der Waals surface area contributed by atoms with Crippen molar-refractivity contribution in [2.24, 2.45) is 5.92 Å². The van der Waals surface area contributed by atoms with E-state index in [9.17, 15) is 4.79 Å². The average molecular weight is 126 g/mol. The van der Waals surface area contributed by atoms with Crippen LogP contribution in [0.3, 0.4) is 0 Å². The Hall–Kier alpha value is -0.790. The minimum absolute atomic E-state index is 0.0185. The van der Waals surface area contributed by atoms with Crippen molar-refractivity contribution in [2.45, 2.75) is 20.0 Å². The van der Waals surface area contributed by atoms with E-state index >= 15 is 0 Å². The summed E-state index contributed by atoms with van der Waals surface area (Å²) in [6.45, 7) is 7.41. The molecule has 0 spiro atoms. The summed E-state index contributed by atoms with van der Waals surface area (Å²) in [6.07, 6.45) is 0.0185. The molecule has 0 bridgehead atoms. The van der Waals surface area contributed by atoms with Gasteiger partial charge in [0.15, 0.2) is 0 Å². The van der Waals surface area contributed by atoms with Crippen LogP contribution in [0.1, 0.15) is 13.8 Å². The largest absolute Gasteiger partial charge is 0.459 e. The summed E-state index contributed by atoms with van der Waals surface area (Å²) < 4.78 is 4.85. The molecule has 1 heterocycles. The first-order valence-electron chi connectivity index (χ1n) is 3.02. The zero-order chi connectivity index (χ0) is 7.02. The van der Waals surface area contributed by atoms with Gasteiger partial charge in [-0.05, 0) is 6.92 Å². The molecule has 2 nitrogen and oxygen atoms in total. The Kier molecular flexibility index (Phi) is 1.31. The average Bonchev–Trinajstić information content (AvgIpc) is 1.98. The van der Waals surface area contributed by atoms with Crippen LogP contribution < -0.4 is 0 Å². The summed E-state index contributed by atoms with van der Waals surface area (Å²) >= 11 is 0. The normalized spacial score (nSPS) is 34.9. The highest BCUT2D eigenvalue weighted by atomic mass is 16.5. The summed E-state index contributed by atoms with van der Waals surface area (Å²) in [7, 11) is 0. The number of ether oxygens (including phenoxy) is 1. The van der Waals surface area contributed by atoms with E-state index in [-0.39, 0.29) is 18.0 Å². The van der Waals surface area contributed by atoms with Gasteiger partial charge in [0.05, 0.1) is 0 Å². The van der Waals surface area contributed by atoms with E-state index in [1.807, 2.05) is 13.8 Å². The van der Waals surface area contributed by atoms with Crippen molar-refractivity contribution in [3.05, 3.63) is 12.2 Å². The molecular formula is C7H10O2. The molecule has 1 saturated heterocycles. The van der Waals surface area contributed by atoms with Crippen LogP contribution in [0.5, 0.6) is 0 Å². The molecule has 0 aromatic heterocycles. The zero-order valence-electron chi connectivity index (χ0n) is 5.68. The number of carbonyl (C=O) groups excluding carboxylic acids is 1. The number of esters is 1. The molecule has 2 atom stereocenters. The van der Waals surface area contributed by atoms with Crippen LogP contribution in [0.15, 0.2) is 12.2 Å². The van der Waals surface area contributed by atoms with Crippen molar-refractivity contribution in [3.63, 3.8) is 0 Å². The lowest BCUT2D eigenvalue weighted by Crippen LogP contribution is -2.06. The van der Waals surface area contributed by atoms with Crippen LogP contribution >= 0.6 is 0 Å². The van der Waals surface area contributed by atoms with Gasteiger partial charge in [-0.3, -0.25) is 0 Å². The summed E-state index contributed by atoms with van der Waals surface area (Å²) in [5, 5.41) is 0. The topological polar surface area (TPSA) is 26.3 Å². The fourth-order valence-electron chi connectivity index (χ4n) is 0.816. The van der Waals surface area contributed by atoms with Crippen molar-refractivity contribution < 1.29 is 9.53 Å². The van der Waals surface area contributed by atoms with Gasteiger partial charge in [-0.15, -0.1) is 0 Å². The smallest absolute Gasteiger partial charge is 0.334 e. The third kappa shape index (κ3) is 0.846. The fraction of sp³-hybridized carbons (Fsp3) is 0.571. The zero-order valence-corrected chi connectivity index (χ0v) is 5.68. The third-order valence-electron chi connectivity index (χ3n) is 1.81. The second kappa shape index (κ2) is 1.87. The minimum atomic E-state index is -0.241. The van der Waals surface area contributed by atoms with Crippen molar-refractivity contribution in [1.82, 2.24) is 0 Å². The Balaban J connectivity index is 2.77. The van der Waals surface area contributed by atoms with E-state index in [1.54, 1.807) is 0 Å². The second-order valence-electron chi connectivity index (χ2n) is 2.42. The first-order chi connectivity index (χ1) is 4.13. The van der Waals surface area contributed by atoms with Crippen molar-refractivity contribution in [2.75, 3.05) is 0 Å². The van der Waals surface area contributed by atoms with Gasteiger partial charge in [-0.1, -0.05) is 13.5 Å². The van der Waals surface area contributed by atoms with Gasteiger partial charge in [0.25, 0.3) is 0 Å². The van der Waals surface area contributed by atoms with Crippen LogP contribution in [0.25, 0.3) is 0 Å². The van der Waals surface area contributed by atoms with E-state index < -0.39 is 0 Å². The van der Waals surface area contributed by atoms with E-state index in [1.165, 1.54) is 0 Å². The van der Waals surface area contributed by atoms with E-state index in [0.717, 1.165) is 0 Å². The molecule has 0 amide bonds. The molecule has 0 unspecified atom stereocenters. The number of hydrogen-bond donors (Lipinski definition) is 0. The molecule has 0 aromatic rings. The molecule has 0 saturated carbocycles. The number of hydrogen-bond acceptors (Lipinski definition) is 2. The Morgan fingerprint density at radius 1 is 1.56 bits per heavy atom. The number of rotatable bonds is 0. The molecule has 0 aromatic carbocycles. The maximum Gasteiger partial charge on any atom is 0.334 e. The number of cyclic esters (lactones) is 1. The Morgan fingerprint density at radius 2 is 2.11 bits per heavy atom. The maximum absolute atomic E-state index is 10.7. The summed E-state index contributed by atoms with van der Waals surface area (Å²) in [4.78, 5) is 10.7. The summed E-state index contributed by atoms with van der Waals surface area (Å²) in [6, 6.07) is 0. The van der Waals surface area contributed by atoms with Gasteiger partial charge in [0.2, 0.25) is 0 Å². The van der Waals surface area contributed by atoms with Gasteiger partial charge in [-0.2, -0.15) is 0 Å². The molecular weight excluding hydrogens is 116 g/mol. The molecule has 1 aliphatic heterocycles. The molecule has 9 heavy (non-hydrogen) atoms. The Morgan fingerprint density at radius 3 is 2.22 bits per heavy atom. The first kappa shape index (κ1) is 6.33. The quantitative estimate of drug-likeness (QED) is 0.359. The van der Waals surface area contributed by atoms with Gasteiger partial charge in [0.1, 0.15) is 6.10 Å². The molecule has 1 aliphatic rings. The minimum Gasteiger partial charge on any atom is -0.459 e. The second-order valence-corrected chi connectivity index (χ2v) is 2.42. The van der Waals surface area contributed by atoms with Crippen LogP contribution in [-0.2, 0) is 9.53 Å². The van der Waals surface area contributed by atoms with E-state index in [0.29, 0.717) is 5.57 Å². The monoisotopic (exact) mass is 126 g/mol. The Bertz CT molecular complexity index is 160. The first-order valence-corrected chi connectivity index (χ1v) is 3.02. The Labute approximate surface area is 54.5 Å². The highest BCUT2D eigenvalue weighted by molar-refractivity contribution is 5.90. The number of carbonyl (C=O) groups is 1. The van der Waals surface area contributed by atoms with Crippen molar-refractivity contribution in [3.8, 4) is 0 Å². The van der Waals surface area contributed by atoms with Crippen molar-refractivity contribution >= 4 is 5.97 Å². The molecule has 1 fully saturated rings. The third-order valence-corrected chi connectivity index (χ3v) is 1.81. The lowest BCUT2D eigenvalue weighted by atomic mass is 10.0. The molecule has 0 aliphatic carbocycles. The molecule has 2 heteroatoms. The van der Waals surface area contributed by atoms with Gasteiger partial charge in [-0.25, -0.2) is 4.79 Å². The molecule has 0 radical (unpaired) electrons. The lowest BCUT2D eigenvalue weighted by molar-refractivity contribution is -0.138. The van der Waals surface area contributed by atoms with Crippen LogP contribution in [0.4, 0.5) is 0 Å². The fourth-order valence-corrected chi connectivity index (χ4v) is 0.816. The van der Waals surface area contributed by atoms with Gasteiger partial charge in [0, 0.05) is 11.5 Å². The molecule has 50 valence electrons. The van der Waals surface area contributed by atoms with Crippen molar-refractivity contribution in [1.29, 1.82) is 0 Å². The van der Waals surface area contributed by atoms with Crippen LogP contribution in [0, 0.1) is 5.92 Å². The predicted octanol–water partition coefficient (Wildman–Crippen LogP) is 1.12. The molecule has 1 rings (SSSR count). The predicted molar refractivity (Wildman–Crippen MR) is 33.9 cm³/mol. The highest BCUT2D eigenvalue weighted by Gasteiger charge is 2.31. The van der Waals surface area contributed by atoms with Gasteiger partial charge < -0.3 is 4.74 Å². The maximum atomic E-state index is 10.7. The lowest BCUT2D eigenvalue weighted by Gasteiger charge is -2.03. The highest BCUT2D eigenvalue weighted by Crippen LogP contribution is 2.24. The standard InChI is InChI=1S/C7H10O2/c1-4-5(2)7(8)9-6(4)3/h4,6H,2H2,1,3H3/t4-,6+/m1/s1. The summed E-state index contributed by atoms with van der Waals surface area (Å²) in [5.74, 6) is -0.0486. The van der Waals surface area contributed by atoms with Crippen LogP contribution in [0.2, 0.25) is 0 Å². The molecule has 0 N–H and O–H groups in total. The van der Waals surface area contributed by atoms with Crippen LogP contribution in [-0.4, -0.2) is 12.1 Å². The van der Waals surface area contributed by atoms with Gasteiger partial charge >= 0.3 is 5.97 Å².